The maximum Gasteiger partial charge on any atom is 0.324 e. The fraction of sp³-hybridized carbons (Fsp3) is 0.545. The van der Waals surface area contributed by atoms with Crippen LogP contribution < -0.4 is 0 Å². The third-order valence-corrected chi connectivity index (χ3v) is 4.23. The third-order valence-electron chi connectivity index (χ3n) is 3.21. The van der Waals surface area contributed by atoms with Gasteiger partial charge in [0.2, 0.25) is 0 Å². The molecule has 0 amide bonds. The highest BCUT2D eigenvalue weighted by atomic mass is 32.1. The van der Waals surface area contributed by atoms with Crippen molar-refractivity contribution >= 4 is 22.3 Å². The Balaban J connectivity index is 1.98. The first-order chi connectivity index (χ1) is 8.47. The quantitative estimate of drug-likeness (QED) is 0.666. The van der Waals surface area contributed by atoms with E-state index in [0.717, 1.165) is 22.8 Å². The van der Waals surface area contributed by atoms with Crippen LogP contribution >= 0.6 is 11.3 Å². The van der Waals surface area contributed by atoms with Crippen molar-refractivity contribution in [1.82, 2.24) is 4.90 Å². The topological polar surface area (TPSA) is 83.7 Å². The van der Waals surface area contributed by atoms with Gasteiger partial charge in [-0.1, -0.05) is 18.3 Å². The van der Waals surface area contributed by atoms with Crippen molar-refractivity contribution < 1.29 is 14.8 Å². The van der Waals surface area contributed by atoms with Gasteiger partial charge < -0.3 is 5.11 Å². The number of carbonyl (C=O) groups is 1. The fourth-order valence-corrected chi connectivity index (χ4v) is 3.15. The monoisotopic (exact) mass is 270 g/mol. The largest absolute Gasteiger partial charge is 0.481 e. The van der Waals surface area contributed by atoms with E-state index >= 15 is 0 Å². The lowest BCUT2D eigenvalue weighted by Gasteiger charge is -2.13. The number of hydrogen-bond donors (Lipinski definition) is 1. The Kier molecular flexibility index (Phi) is 3.63. The number of rotatable bonds is 4. The molecule has 1 aromatic heterocycles. The first-order valence-electron chi connectivity index (χ1n) is 5.65. The zero-order valence-corrected chi connectivity index (χ0v) is 10.7. The van der Waals surface area contributed by atoms with Crippen molar-refractivity contribution in [1.29, 1.82) is 0 Å². The zero-order chi connectivity index (χ0) is 13.3. The number of likely N-dealkylation sites (tertiary alicyclic amines) is 1. The van der Waals surface area contributed by atoms with E-state index in [9.17, 15) is 14.9 Å². The molecule has 7 heteroatoms. The average molecular weight is 270 g/mol. The van der Waals surface area contributed by atoms with Gasteiger partial charge in [-0.05, 0) is 12.0 Å². The van der Waals surface area contributed by atoms with E-state index < -0.39 is 10.9 Å². The van der Waals surface area contributed by atoms with Crippen LogP contribution in [-0.4, -0.2) is 34.0 Å². The summed E-state index contributed by atoms with van der Waals surface area (Å²) >= 11 is 1.15. The predicted molar refractivity (Wildman–Crippen MR) is 66.5 cm³/mol. The summed E-state index contributed by atoms with van der Waals surface area (Å²) in [4.78, 5) is 24.1. The molecule has 0 aromatic carbocycles. The number of carboxylic acids is 1. The Bertz CT molecular complexity index is 473. The standard InChI is InChI=1S/C11H14N2O4S/c1-7-4-12(6-9(7)11(14)15)5-8-2-3-10(18-8)13(16)17/h2-3,7,9H,4-6H2,1H3,(H,14,15)/t7-,9-/m1/s1. The van der Waals surface area contributed by atoms with Gasteiger partial charge in [0.25, 0.3) is 0 Å². The van der Waals surface area contributed by atoms with E-state index in [-0.39, 0.29) is 16.8 Å². The van der Waals surface area contributed by atoms with Gasteiger partial charge in [0.05, 0.1) is 10.8 Å². The summed E-state index contributed by atoms with van der Waals surface area (Å²) in [5, 5.41) is 19.7. The van der Waals surface area contributed by atoms with Gasteiger partial charge in [-0.15, -0.1) is 0 Å². The molecule has 2 rings (SSSR count). The molecule has 2 atom stereocenters. The molecule has 1 saturated heterocycles. The van der Waals surface area contributed by atoms with E-state index in [4.69, 9.17) is 5.11 Å². The van der Waals surface area contributed by atoms with Gasteiger partial charge in [0.1, 0.15) is 0 Å². The van der Waals surface area contributed by atoms with Gasteiger partial charge in [0, 0.05) is 30.6 Å². The van der Waals surface area contributed by atoms with Gasteiger partial charge >= 0.3 is 11.0 Å². The molecular formula is C11H14N2O4S. The lowest BCUT2D eigenvalue weighted by atomic mass is 9.99. The van der Waals surface area contributed by atoms with Crippen LogP contribution in [0.5, 0.6) is 0 Å². The second-order valence-electron chi connectivity index (χ2n) is 4.61. The Morgan fingerprint density at radius 3 is 2.83 bits per heavy atom. The van der Waals surface area contributed by atoms with Crippen LogP contribution in [0, 0.1) is 22.0 Å². The number of nitrogens with zero attached hydrogens (tertiary/aromatic N) is 2. The highest BCUT2D eigenvalue weighted by molar-refractivity contribution is 7.15. The molecular weight excluding hydrogens is 256 g/mol. The molecule has 98 valence electrons. The van der Waals surface area contributed by atoms with Crippen molar-refractivity contribution in [3.8, 4) is 0 Å². The fourth-order valence-electron chi connectivity index (χ4n) is 2.29. The molecule has 1 aliphatic heterocycles. The number of thiophene rings is 1. The molecule has 0 radical (unpaired) electrons. The smallest absolute Gasteiger partial charge is 0.324 e. The van der Waals surface area contributed by atoms with Gasteiger partial charge in [-0.2, -0.15) is 0 Å². The van der Waals surface area contributed by atoms with E-state index in [1.807, 2.05) is 11.8 Å². The summed E-state index contributed by atoms with van der Waals surface area (Å²) in [6.07, 6.45) is 0. The normalized spacial score (nSPS) is 24.3. The van der Waals surface area contributed by atoms with Crippen LogP contribution in [0.25, 0.3) is 0 Å². The predicted octanol–water partition coefficient (Wildman–Crippen LogP) is 1.81. The second kappa shape index (κ2) is 5.03. The van der Waals surface area contributed by atoms with Crippen LogP contribution in [0.3, 0.4) is 0 Å². The van der Waals surface area contributed by atoms with E-state index in [2.05, 4.69) is 0 Å². The van der Waals surface area contributed by atoms with Crippen LogP contribution in [0.4, 0.5) is 5.00 Å². The first kappa shape index (κ1) is 13.0. The molecule has 0 aliphatic carbocycles. The third kappa shape index (κ3) is 2.68. The summed E-state index contributed by atoms with van der Waals surface area (Å²) in [7, 11) is 0. The summed E-state index contributed by atoms with van der Waals surface area (Å²) in [6, 6.07) is 3.23. The van der Waals surface area contributed by atoms with Crippen LogP contribution in [-0.2, 0) is 11.3 Å². The molecule has 0 bridgehead atoms. The SMILES string of the molecule is C[C@@H]1CN(Cc2ccc([N+](=O)[O-])s2)C[C@H]1C(=O)O. The molecule has 18 heavy (non-hydrogen) atoms. The van der Waals surface area contributed by atoms with Crippen molar-refractivity contribution in [3.63, 3.8) is 0 Å². The van der Waals surface area contributed by atoms with Gasteiger partial charge in [-0.3, -0.25) is 19.8 Å². The summed E-state index contributed by atoms with van der Waals surface area (Å²) in [5.74, 6) is -0.973. The molecule has 1 fully saturated rings. The molecule has 0 saturated carbocycles. The lowest BCUT2D eigenvalue weighted by molar-refractivity contribution is -0.380. The molecule has 1 aromatic rings. The first-order valence-corrected chi connectivity index (χ1v) is 6.47. The van der Waals surface area contributed by atoms with Crippen molar-refractivity contribution in [2.75, 3.05) is 13.1 Å². The van der Waals surface area contributed by atoms with Crippen molar-refractivity contribution in [2.24, 2.45) is 11.8 Å². The van der Waals surface area contributed by atoms with Crippen LogP contribution in [0.2, 0.25) is 0 Å². The Hall–Kier alpha value is -1.47. The van der Waals surface area contributed by atoms with Crippen LogP contribution in [0.1, 0.15) is 11.8 Å². The van der Waals surface area contributed by atoms with Crippen LogP contribution in [0.15, 0.2) is 12.1 Å². The lowest BCUT2D eigenvalue weighted by Crippen LogP contribution is -2.22. The Morgan fingerprint density at radius 2 is 2.33 bits per heavy atom. The molecule has 2 heterocycles. The molecule has 0 unspecified atom stereocenters. The van der Waals surface area contributed by atoms with Gasteiger partial charge in [-0.25, -0.2) is 0 Å². The van der Waals surface area contributed by atoms with E-state index in [1.54, 1.807) is 6.07 Å². The molecule has 6 nitrogen and oxygen atoms in total. The maximum atomic E-state index is 11.0. The molecule has 1 N–H and O–H groups in total. The van der Waals surface area contributed by atoms with Crippen molar-refractivity contribution in [3.05, 3.63) is 27.1 Å². The second-order valence-corrected chi connectivity index (χ2v) is 5.76. The number of hydrogen-bond acceptors (Lipinski definition) is 5. The zero-order valence-electron chi connectivity index (χ0n) is 9.91. The highest BCUT2D eigenvalue weighted by Crippen LogP contribution is 2.29. The minimum absolute atomic E-state index is 0.123. The minimum Gasteiger partial charge on any atom is -0.481 e. The van der Waals surface area contributed by atoms with Gasteiger partial charge in [0.15, 0.2) is 0 Å². The Morgan fingerprint density at radius 1 is 1.61 bits per heavy atom. The summed E-state index contributed by atoms with van der Waals surface area (Å²) in [5.41, 5.74) is 0. The summed E-state index contributed by atoms with van der Waals surface area (Å²) in [6.45, 7) is 3.76. The average Bonchev–Trinajstić information content (AvgIpc) is 2.86. The number of nitro groups is 1. The Labute approximate surface area is 108 Å². The molecule has 0 spiro atoms. The minimum atomic E-state index is -0.762. The van der Waals surface area contributed by atoms with Crippen molar-refractivity contribution in [2.45, 2.75) is 13.5 Å². The highest BCUT2D eigenvalue weighted by Gasteiger charge is 2.34. The number of aliphatic carboxylic acids is 1. The molecule has 1 aliphatic rings. The maximum absolute atomic E-state index is 11.0. The summed E-state index contributed by atoms with van der Waals surface area (Å²) < 4.78 is 0. The number of carboxylic acid groups (broad SMARTS) is 1. The van der Waals surface area contributed by atoms with E-state index in [0.29, 0.717) is 13.1 Å². The van der Waals surface area contributed by atoms with E-state index in [1.165, 1.54) is 6.07 Å².